The van der Waals surface area contributed by atoms with E-state index in [0.29, 0.717) is 23.8 Å². The van der Waals surface area contributed by atoms with E-state index in [-0.39, 0.29) is 5.91 Å². The Balaban J connectivity index is 1.87. The van der Waals surface area contributed by atoms with Crippen LogP contribution in [0.3, 0.4) is 0 Å². The average Bonchev–Trinajstić information content (AvgIpc) is 3.16. The van der Waals surface area contributed by atoms with E-state index >= 15 is 0 Å². The van der Waals surface area contributed by atoms with Crippen molar-refractivity contribution >= 4 is 22.4 Å². The molecule has 0 spiro atoms. The summed E-state index contributed by atoms with van der Waals surface area (Å²) in [6.45, 7) is 1.15. The Morgan fingerprint density at radius 1 is 1.16 bits per heavy atom. The first-order valence-electron chi connectivity index (χ1n) is 8.01. The van der Waals surface area contributed by atoms with Crippen LogP contribution in [0.15, 0.2) is 60.2 Å². The smallest absolute Gasteiger partial charge is 0.260 e. The first-order chi connectivity index (χ1) is 12.3. The molecule has 0 N–H and O–H groups in total. The van der Waals surface area contributed by atoms with Crippen LogP contribution in [0.4, 0.5) is 5.13 Å². The molecule has 2 aromatic heterocycles. The fourth-order valence-electron chi connectivity index (χ4n) is 2.43. The molecule has 0 saturated carbocycles. The van der Waals surface area contributed by atoms with E-state index in [1.54, 1.807) is 36.5 Å². The lowest BCUT2D eigenvalue weighted by atomic mass is 10.2. The molecule has 0 aliphatic heterocycles. The fraction of sp³-hybridized carbons (Fsp3) is 0.211. The van der Waals surface area contributed by atoms with Crippen molar-refractivity contribution in [2.24, 2.45) is 0 Å². The van der Waals surface area contributed by atoms with E-state index < -0.39 is 0 Å². The monoisotopic (exact) mass is 353 g/mol. The summed E-state index contributed by atoms with van der Waals surface area (Å²) in [7, 11) is 1.66. The van der Waals surface area contributed by atoms with E-state index in [0.717, 1.165) is 17.7 Å². The van der Waals surface area contributed by atoms with Crippen molar-refractivity contribution in [1.29, 1.82) is 0 Å². The van der Waals surface area contributed by atoms with Crippen molar-refractivity contribution in [2.45, 2.75) is 6.42 Å². The van der Waals surface area contributed by atoms with Crippen LogP contribution in [0.1, 0.15) is 16.8 Å². The van der Waals surface area contributed by atoms with Crippen molar-refractivity contribution in [3.8, 4) is 11.3 Å². The molecule has 6 heteroatoms. The molecule has 0 aliphatic carbocycles. The second-order valence-corrected chi connectivity index (χ2v) is 6.26. The van der Waals surface area contributed by atoms with Crippen LogP contribution >= 0.6 is 11.3 Å². The van der Waals surface area contributed by atoms with Gasteiger partial charge in [0.2, 0.25) is 0 Å². The largest absolute Gasteiger partial charge is 0.385 e. The molecule has 1 amide bonds. The molecule has 3 aromatic rings. The highest BCUT2D eigenvalue weighted by molar-refractivity contribution is 7.14. The lowest BCUT2D eigenvalue weighted by Gasteiger charge is -2.19. The van der Waals surface area contributed by atoms with E-state index in [9.17, 15) is 4.79 Å². The quantitative estimate of drug-likeness (QED) is 0.605. The number of nitrogens with zero attached hydrogens (tertiary/aromatic N) is 3. The number of carbonyl (C=O) groups excluding carboxylic acids is 1. The number of amides is 1. The van der Waals surface area contributed by atoms with Gasteiger partial charge in [0.05, 0.1) is 5.69 Å². The number of hydrogen-bond acceptors (Lipinski definition) is 5. The Morgan fingerprint density at radius 2 is 1.92 bits per heavy atom. The zero-order chi connectivity index (χ0) is 17.5. The molecule has 0 atom stereocenters. The molecule has 0 aliphatic rings. The molecule has 0 radical (unpaired) electrons. The highest BCUT2D eigenvalue weighted by Gasteiger charge is 2.20. The molecule has 0 unspecified atom stereocenters. The van der Waals surface area contributed by atoms with Crippen molar-refractivity contribution in [2.75, 3.05) is 25.2 Å². The van der Waals surface area contributed by atoms with E-state index in [2.05, 4.69) is 9.97 Å². The summed E-state index contributed by atoms with van der Waals surface area (Å²) in [5.74, 6) is -0.0764. The van der Waals surface area contributed by atoms with Gasteiger partial charge in [-0.3, -0.25) is 14.7 Å². The van der Waals surface area contributed by atoms with E-state index in [1.165, 1.54) is 11.3 Å². The fourth-order valence-corrected chi connectivity index (χ4v) is 3.29. The molecule has 0 saturated heterocycles. The number of pyridine rings is 1. The second kappa shape index (κ2) is 8.50. The lowest BCUT2D eigenvalue weighted by molar-refractivity contribution is 0.0983. The number of ether oxygens (including phenoxy) is 1. The predicted molar refractivity (Wildman–Crippen MR) is 100.0 cm³/mol. The molecule has 3 rings (SSSR count). The van der Waals surface area contributed by atoms with Gasteiger partial charge >= 0.3 is 0 Å². The van der Waals surface area contributed by atoms with Gasteiger partial charge in [-0.05, 0) is 18.6 Å². The first-order valence-corrected chi connectivity index (χ1v) is 8.89. The maximum absolute atomic E-state index is 12.9. The Morgan fingerprint density at radius 3 is 2.64 bits per heavy atom. The number of hydrogen-bond donors (Lipinski definition) is 0. The Kier molecular flexibility index (Phi) is 5.87. The zero-order valence-corrected chi connectivity index (χ0v) is 14.8. The van der Waals surface area contributed by atoms with Crippen LogP contribution in [0.2, 0.25) is 0 Å². The van der Waals surface area contributed by atoms with Crippen LogP contribution in [0.5, 0.6) is 0 Å². The number of methoxy groups -OCH3 is 1. The van der Waals surface area contributed by atoms with Crippen molar-refractivity contribution in [3.05, 3.63) is 65.8 Å². The molecular weight excluding hydrogens is 334 g/mol. The van der Waals surface area contributed by atoms with E-state index in [4.69, 9.17) is 4.74 Å². The average molecular weight is 353 g/mol. The van der Waals surface area contributed by atoms with Crippen LogP contribution in [0, 0.1) is 0 Å². The van der Waals surface area contributed by atoms with Crippen LogP contribution in [0.25, 0.3) is 11.3 Å². The minimum Gasteiger partial charge on any atom is -0.385 e. The maximum atomic E-state index is 12.9. The summed E-state index contributed by atoms with van der Waals surface area (Å²) in [5.41, 5.74) is 2.52. The van der Waals surface area contributed by atoms with Crippen molar-refractivity contribution in [3.63, 3.8) is 0 Å². The summed E-state index contributed by atoms with van der Waals surface area (Å²) in [5, 5.41) is 2.67. The van der Waals surface area contributed by atoms with Crippen LogP contribution in [-0.4, -0.2) is 36.1 Å². The number of benzene rings is 1. The summed E-state index contributed by atoms with van der Waals surface area (Å²) in [6, 6.07) is 13.4. The molecule has 25 heavy (non-hydrogen) atoms. The predicted octanol–water partition coefficient (Wildman–Crippen LogP) is 3.89. The summed E-state index contributed by atoms with van der Waals surface area (Å²) < 4.78 is 5.12. The lowest BCUT2D eigenvalue weighted by Crippen LogP contribution is -2.32. The van der Waals surface area contributed by atoms with Crippen molar-refractivity contribution < 1.29 is 9.53 Å². The SMILES string of the molecule is COCCCN(C(=O)c1ccncc1)c1nc(-c2ccccc2)cs1. The van der Waals surface area contributed by atoms with Gasteiger partial charge in [-0.15, -0.1) is 11.3 Å². The van der Waals surface area contributed by atoms with Gasteiger partial charge < -0.3 is 4.74 Å². The highest BCUT2D eigenvalue weighted by atomic mass is 32.1. The molecule has 5 nitrogen and oxygen atoms in total. The second-order valence-electron chi connectivity index (χ2n) is 5.42. The number of carbonyl (C=O) groups is 1. The Labute approximate surface area is 150 Å². The molecule has 0 bridgehead atoms. The minimum atomic E-state index is -0.0764. The third-order valence-electron chi connectivity index (χ3n) is 3.70. The zero-order valence-electron chi connectivity index (χ0n) is 14.0. The van der Waals surface area contributed by atoms with Crippen LogP contribution < -0.4 is 4.90 Å². The van der Waals surface area contributed by atoms with Gasteiger partial charge in [-0.1, -0.05) is 30.3 Å². The molecule has 2 heterocycles. The van der Waals surface area contributed by atoms with Gasteiger partial charge in [0.25, 0.3) is 5.91 Å². The highest BCUT2D eigenvalue weighted by Crippen LogP contribution is 2.28. The number of thiazole rings is 1. The summed E-state index contributed by atoms with van der Waals surface area (Å²) in [4.78, 5) is 23.3. The number of aromatic nitrogens is 2. The normalized spacial score (nSPS) is 10.6. The van der Waals surface area contributed by atoms with Crippen LogP contribution in [-0.2, 0) is 4.74 Å². The van der Waals surface area contributed by atoms with E-state index in [1.807, 2.05) is 35.7 Å². The van der Waals surface area contributed by atoms with Gasteiger partial charge in [-0.2, -0.15) is 0 Å². The Hall–Kier alpha value is -2.57. The topological polar surface area (TPSA) is 55.3 Å². The van der Waals surface area contributed by atoms with Gasteiger partial charge in [-0.25, -0.2) is 4.98 Å². The standard InChI is InChI=1S/C19H19N3O2S/c1-24-13-5-12-22(18(23)16-8-10-20-11-9-16)19-21-17(14-25-19)15-6-3-2-4-7-15/h2-4,6-11,14H,5,12-13H2,1H3. The summed E-state index contributed by atoms with van der Waals surface area (Å²) >= 11 is 1.47. The minimum absolute atomic E-state index is 0.0764. The third kappa shape index (κ3) is 4.29. The van der Waals surface area contributed by atoms with Crippen molar-refractivity contribution in [1.82, 2.24) is 9.97 Å². The first kappa shape index (κ1) is 17.3. The molecule has 1 aromatic carbocycles. The number of rotatable bonds is 7. The molecular formula is C19H19N3O2S. The molecule has 128 valence electrons. The summed E-state index contributed by atoms with van der Waals surface area (Å²) in [6.07, 6.45) is 3.99. The molecule has 0 fully saturated rings. The number of anilines is 1. The Bertz CT molecular complexity index is 806. The third-order valence-corrected chi connectivity index (χ3v) is 4.56. The van der Waals surface area contributed by atoms with Gasteiger partial charge in [0, 0.05) is 49.2 Å². The maximum Gasteiger partial charge on any atom is 0.260 e. The van der Waals surface area contributed by atoms with Gasteiger partial charge in [0.1, 0.15) is 0 Å². The van der Waals surface area contributed by atoms with Gasteiger partial charge in [0.15, 0.2) is 5.13 Å².